The lowest BCUT2D eigenvalue weighted by Gasteiger charge is -2.33. The van der Waals surface area contributed by atoms with E-state index in [0.29, 0.717) is 6.04 Å². The molecule has 2 rings (SSSR count). The molecule has 1 fully saturated rings. The molecule has 0 aromatic heterocycles. The van der Waals surface area contributed by atoms with Gasteiger partial charge in [0.25, 0.3) is 0 Å². The third kappa shape index (κ3) is 4.47. The van der Waals surface area contributed by atoms with Crippen molar-refractivity contribution in [1.29, 1.82) is 0 Å². The van der Waals surface area contributed by atoms with Gasteiger partial charge in [-0.05, 0) is 38.1 Å². The molecule has 1 aliphatic heterocycles. The Morgan fingerprint density at radius 1 is 1.43 bits per heavy atom. The molecule has 116 valence electrons. The largest absolute Gasteiger partial charge is 0.325 e. The number of piperidine rings is 1. The smallest absolute Gasteiger partial charge is 0.238 e. The first kappa shape index (κ1) is 15.9. The van der Waals surface area contributed by atoms with Gasteiger partial charge >= 0.3 is 0 Å². The zero-order valence-corrected chi connectivity index (χ0v) is 12.2. The molecule has 2 N–H and O–H groups in total. The highest BCUT2D eigenvalue weighted by Crippen LogP contribution is 2.14. The minimum Gasteiger partial charge on any atom is -0.325 e. The summed E-state index contributed by atoms with van der Waals surface area (Å²) < 4.78 is 25.9. The number of halogens is 2. The van der Waals surface area contributed by atoms with Crippen LogP contribution in [0.4, 0.5) is 14.5 Å². The molecule has 1 amide bonds. The van der Waals surface area contributed by atoms with Crippen molar-refractivity contribution >= 4 is 11.6 Å². The van der Waals surface area contributed by atoms with Crippen LogP contribution in [0.25, 0.3) is 0 Å². The standard InChI is InChI=1S/C15H21F2N3O/c1-2-20(12-4-3-7-18-9-12)10-15(21)19-11-5-6-13(16)14(17)8-11/h5-6,8,12,18H,2-4,7,9-10H2,1H3,(H,19,21). The first-order valence-corrected chi connectivity index (χ1v) is 7.30. The molecule has 0 radical (unpaired) electrons. The number of carbonyl (C=O) groups is 1. The Labute approximate surface area is 123 Å². The van der Waals surface area contributed by atoms with Crippen LogP contribution < -0.4 is 10.6 Å². The number of nitrogens with one attached hydrogen (secondary N) is 2. The van der Waals surface area contributed by atoms with Crippen molar-refractivity contribution in [2.75, 3.05) is 31.5 Å². The topological polar surface area (TPSA) is 44.4 Å². The van der Waals surface area contributed by atoms with Crippen LogP contribution in [-0.2, 0) is 4.79 Å². The van der Waals surface area contributed by atoms with E-state index in [9.17, 15) is 13.6 Å². The molecule has 1 unspecified atom stereocenters. The second kappa shape index (κ2) is 7.47. The lowest BCUT2D eigenvalue weighted by molar-refractivity contribution is -0.117. The Hall–Kier alpha value is -1.53. The molecule has 1 aliphatic rings. The maximum atomic E-state index is 13.1. The van der Waals surface area contributed by atoms with Crippen molar-refractivity contribution in [2.24, 2.45) is 0 Å². The zero-order chi connectivity index (χ0) is 15.2. The number of carbonyl (C=O) groups excluding carboxylic acids is 1. The van der Waals surface area contributed by atoms with E-state index in [1.165, 1.54) is 6.07 Å². The van der Waals surface area contributed by atoms with Gasteiger partial charge in [-0.15, -0.1) is 0 Å². The van der Waals surface area contributed by atoms with Gasteiger partial charge in [0.2, 0.25) is 5.91 Å². The van der Waals surface area contributed by atoms with Gasteiger partial charge in [0.05, 0.1) is 6.54 Å². The molecular formula is C15H21F2N3O. The Balaban J connectivity index is 1.91. The van der Waals surface area contributed by atoms with Gasteiger partial charge in [0.15, 0.2) is 11.6 Å². The third-order valence-corrected chi connectivity index (χ3v) is 3.74. The van der Waals surface area contributed by atoms with E-state index < -0.39 is 11.6 Å². The Morgan fingerprint density at radius 2 is 2.24 bits per heavy atom. The molecule has 1 aromatic rings. The van der Waals surface area contributed by atoms with Gasteiger partial charge in [-0.25, -0.2) is 8.78 Å². The number of amides is 1. The number of hydrogen-bond acceptors (Lipinski definition) is 3. The molecule has 0 saturated carbocycles. The Bertz CT molecular complexity index is 490. The third-order valence-electron chi connectivity index (χ3n) is 3.74. The zero-order valence-electron chi connectivity index (χ0n) is 12.2. The van der Waals surface area contributed by atoms with E-state index in [-0.39, 0.29) is 18.1 Å². The minimum atomic E-state index is -0.961. The maximum Gasteiger partial charge on any atom is 0.238 e. The number of likely N-dealkylation sites (N-methyl/N-ethyl adjacent to an activating group) is 1. The average Bonchev–Trinajstić information content (AvgIpc) is 2.49. The van der Waals surface area contributed by atoms with Crippen LogP contribution >= 0.6 is 0 Å². The molecular weight excluding hydrogens is 276 g/mol. The molecule has 1 saturated heterocycles. The molecule has 21 heavy (non-hydrogen) atoms. The van der Waals surface area contributed by atoms with Gasteiger partial charge in [-0.2, -0.15) is 0 Å². The fourth-order valence-electron chi connectivity index (χ4n) is 2.60. The van der Waals surface area contributed by atoms with E-state index in [4.69, 9.17) is 0 Å². The summed E-state index contributed by atoms with van der Waals surface area (Å²) in [5.74, 6) is -2.10. The molecule has 0 aliphatic carbocycles. The van der Waals surface area contributed by atoms with Crippen LogP contribution in [0, 0.1) is 11.6 Å². The van der Waals surface area contributed by atoms with Crippen LogP contribution in [0.15, 0.2) is 18.2 Å². The summed E-state index contributed by atoms with van der Waals surface area (Å²) in [7, 11) is 0. The second-order valence-electron chi connectivity index (χ2n) is 5.24. The SMILES string of the molecule is CCN(CC(=O)Nc1ccc(F)c(F)c1)C1CCCNC1. The summed E-state index contributed by atoms with van der Waals surface area (Å²) in [6, 6.07) is 3.70. The molecule has 1 atom stereocenters. The van der Waals surface area contributed by atoms with Gasteiger partial charge in [0, 0.05) is 24.3 Å². The van der Waals surface area contributed by atoms with Crippen LogP contribution in [0.3, 0.4) is 0 Å². The van der Waals surface area contributed by atoms with Crippen LogP contribution in [-0.4, -0.2) is 43.0 Å². The van der Waals surface area contributed by atoms with E-state index in [1.54, 1.807) is 0 Å². The second-order valence-corrected chi connectivity index (χ2v) is 5.24. The number of hydrogen-bond donors (Lipinski definition) is 2. The monoisotopic (exact) mass is 297 g/mol. The van der Waals surface area contributed by atoms with Crippen LogP contribution in [0.5, 0.6) is 0 Å². The van der Waals surface area contributed by atoms with Crippen molar-refractivity contribution in [2.45, 2.75) is 25.8 Å². The summed E-state index contributed by atoms with van der Waals surface area (Å²) in [4.78, 5) is 14.1. The summed E-state index contributed by atoms with van der Waals surface area (Å²) >= 11 is 0. The summed E-state index contributed by atoms with van der Waals surface area (Å²) in [5, 5.41) is 5.93. The number of nitrogens with zero attached hydrogens (tertiary/aromatic N) is 1. The average molecular weight is 297 g/mol. The lowest BCUT2D eigenvalue weighted by Crippen LogP contribution is -2.48. The Morgan fingerprint density at radius 3 is 2.86 bits per heavy atom. The fraction of sp³-hybridized carbons (Fsp3) is 0.533. The van der Waals surface area contributed by atoms with Gasteiger partial charge in [-0.1, -0.05) is 6.92 Å². The van der Waals surface area contributed by atoms with Crippen molar-refractivity contribution in [1.82, 2.24) is 10.2 Å². The van der Waals surface area contributed by atoms with Crippen LogP contribution in [0.2, 0.25) is 0 Å². The van der Waals surface area contributed by atoms with E-state index in [1.807, 2.05) is 6.92 Å². The normalized spacial score (nSPS) is 18.8. The summed E-state index contributed by atoms with van der Waals surface area (Å²) in [5.41, 5.74) is 0.275. The van der Waals surface area contributed by atoms with Crippen molar-refractivity contribution < 1.29 is 13.6 Å². The summed E-state index contributed by atoms with van der Waals surface area (Å²) in [6.07, 6.45) is 2.17. The highest BCUT2D eigenvalue weighted by atomic mass is 19.2. The summed E-state index contributed by atoms with van der Waals surface area (Å²) in [6.45, 7) is 4.94. The maximum absolute atomic E-state index is 13.1. The Kier molecular flexibility index (Phi) is 5.64. The highest BCUT2D eigenvalue weighted by molar-refractivity contribution is 5.92. The molecule has 0 bridgehead atoms. The first-order chi connectivity index (χ1) is 10.1. The van der Waals surface area contributed by atoms with E-state index in [0.717, 1.165) is 44.6 Å². The molecule has 6 heteroatoms. The van der Waals surface area contributed by atoms with Gasteiger partial charge < -0.3 is 10.6 Å². The molecule has 1 aromatic carbocycles. The molecule has 0 spiro atoms. The molecule has 1 heterocycles. The van der Waals surface area contributed by atoms with Crippen LogP contribution in [0.1, 0.15) is 19.8 Å². The number of anilines is 1. The predicted molar refractivity (Wildman–Crippen MR) is 78.1 cm³/mol. The van der Waals surface area contributed by atoms with Crippen molar-refractivity contribution in [3.63, 3.8) is 0 Å². The van der Waals surface area contributed by atoms with Gasteiger partial charge in [0.1, 0.15) is 0 Å². The lowest BCUT2D eigenvalue weighted by atomic mass is 10.1. The minimum absolute atomic E-state index is 0.214. The first-order valence-electron chi connectivity index (χ1n) is 7.30. The molecule has 4 nitrogen and oxygen atoms in total. The fourth-order valence-corrected chi connectivity index (χ4v) is 2.60. The van der Waals surface area contributed by atoms with Crippen molar-refractivity contribution in [3.05, 3.63) is 29.8 Å². The number of rotatable bonds is 5. The number of benzene rings is 1. The predicted octanol–water partition coefficient (Wildman–Crippen LogP) is 1.98. The highest BCUT2D eigenvalue weighted by Gasteiger charge is 2.21. The van der Waals surface area contributed by atoms with E-state index >= 15 is 0 Å². The quantitative estimate of drug-likeness (QED) is 0.873. The van der Waals surface area contributed by atoms with Crippen molar-refractivity contribution in [3.8, 4) is 0 Å². The van der Waals surface area contributed by atoms with Gasteiger partial charge in [-0.3, -0.25) is 9.69 Å². The van der Waals surface area contributed by atoms with E-state index in [2.05, 4.69) is 15.5 Å².